The molecule has 22 heavy (non-hydrogen) atoms. The van der Waals surface area contributed by atoms with E-state index in [4.69, 9.17) is 16.3 Å². The fourth-order valence-corrected chi connectivity index (χ4v) is 3.61. The number of methoxy groups -OCH3 is 1. The number of rotatable bonds is 2. The fraction of sp³-hybridized carbons (Fsp3) is 0.0667. The number of aromatic nitrogens is 1. The molecular weight excluding hydrogens is 390 g/mol. The van der Waals surface area contributed by atoms with E-state index in [0.29, 0.717) is 14.6 Å². The molecule has 0 atom stereocenters. The highest BCUT2D eigenvalue weighted by Crippen LogP contribution is 2.30. The Hall–Kier alpha value is -1.63. The summed E-state index contributed by atoms with van der Waals surface area (Å²) in [6.07, 6.45) is 1.49. The highest BCUT2D eigenvalue weighted by molar-refractivity contribution is 9.10. The maximum absolute atomic E-state index is 12.4. The van der Waals surface area contributed by atoms with Gasteiger partial charge >= 0.3 is 5.97 Å². The molecule has 0 spiro atoms. The van der Waals surface area contributed by atoms with Crippen LogP contribution >= 0.6 is 38.9 Å². The second kappa shape index (κ2) is 5.87. The van der Waals surface area contributed by atoms with Gasteiger partial charge in [0.1, 0.15) is 10.4 Å². The highest BCUT2D eigenvalue weighted by Gasteiger charge is 2.18. The van der Waals surface area contributed by atoms with Crippen molar-refractivity contribution in [2.75, 3.05) is 7.11 Å². The summed E-state index contributed by atoms with van der Waals surface area (Å²) < 4.78 is 7.89. The van der Waals surface area contributed by atoms with Gasteiger partial charge < -0.3 is 9.30 Å². The Balaban J connectivity index is 2.37. The molecule has 3 rings (SSSR count). The summed E-state index contributed by atoms with van der Waals surface area (Å²) in [7, 11) is 1.25. The average molecular weight is 399 g/mol. The van der Waals surface area contributed by atoms with E-state index in [1.54, 1.807) is 10.6 Å². The normalized spacial score (nSPS) is 10.9. The molecule has 2 heterocycles. The third kappa shape index (κ3) is 2.58. The largest absolute Gasteiger partial charge is 0.465 e. The number of fused-ring (bicyclic) bond motifs is 1. The summed E-state index contributed by atoms with van der Waals surface area (Å²) in [6.45, 7) is 0. The molecule has 7 heteroatoms. The molecule has 0 unspecified atom stereocenters. The van der Waals surface area contributed by atoms with Gasteiger partial charge in [0, 0.05) is 16.4 Å². The lowest BCUT2D eigenvalue weighted by Crippen LogP contribution is -2.18. The number of pyridine rings is 1. The first-order chi connectivity index (χ1) is 10.5. The lowest BCUT2D eigenvalue weighted by Gasteiger charge is -2.10. The molecule has 0 bridgehead atoms. The third-order valence-corrected chi connectivity index (χ3v) is 4.95. The van der Waals surface area contributed by atoms with E-state index in [9.17, 15) is 9.59 Å². The Kier molecular flexibility index (Phi) is 4.08. The number of esters is 1. The van der Waals surface area contributed by atoms with Crippen LogP contribution in [-0.4, -0.2) is 17.6 Å². The summed E-state index contributed by atoms with van der Waals surface area (Å²) in [5.41, 5.74) is 0.419. The molecule has 0 aliphatic carbocycles. The molecule has 0 aliphatic heterocycles. The van der Waals surface area contributed by atoms with Crippen molar-refractivity contribution >= 4 is 55.1 Å². The number of thiophene rings is 1. The predicted molar refractivity (Wildman–Crippen MR) is 91.5 cm³/mol. The molecular formula is C15H9BrClNO3S. The van der Waals surface area contributed by atoms with E-state index in [2.05, 4.69) is 15.9 Å². The summed E-state index contributed by atoms with van der Waals surface area (Å²) in [6, 6.07) is 9.09. The SMILES string of the molecule is COC(=O)c1cn(-c2ccc(Br)cc2)c2sc(Cl)cc2c1=O. The minimum atomic E-state index is -0.667. The van der Waals surface area contributed by atoms with Crippen LogP contribution in [0.15, 0.2) is 45.8 Å². The lowest BCUT2D eigenvalue weighted by molar-refractivity contribution is 0.0599. The van der Waals surface area contributed by atoms with Crippen LogP contribution in [0.2, 0.25) is 4.34 Å². The molecule has 112 valence electrons. The van der Waals surface area contributed by atoms with E-state index in [-0.39, 0.29) is 11.0 Å². The standard InChI is InChI=1S/C15H9BrClNO3S/c1-21-15(20)11-7-18(9-4-2-8(16)3-5-9)14-10(13(11)19)6-12(17)22-14/h2-7H,1H3. The van der Waals surface area contributed by atoms with Gasteiger partial charge in [-0.05, 0) is 30.3 Å². The molecule has 1 aromatic carbocycles. The molecule has 0 N–H and O–H groups in total. The number of benzene rings is 1. The summed E-state index contributed by atoms with van der Waals surface area (Å²) in [5.74, 6) is -0.667. The zero-order valence-corrected chi connectivity index (χ0v) is 14.5. The van der Waals surface area contributed by atoms with Gasteiger partial charge in [-0.15, -0.1) is 11.3 Å². The molecule has 0 saturated carbocycles. The van der Waals surface area contributed by atoms with Crippen LogP contribution in [-0.2, 0) is 4.74 Å². The van der Waals surface area contributed by atoms with E-state index >= 15 is 0 Å². The van der Waals surface area contributed by atoms with Crippen LogP contribution in [0.5, 0.6) is 0 Å². The van der Waals surface area contributed by atoms with E-state index in [1.807, 2.05) is 24.3 Å². The number of carbonyl (C=O) groups excluding carboxylic acids is 1. The number of hydrogen-bond donors (Lipinski definition) is 0. The number of ether oxygens (including phenoxy) is 1. The van der Waals surface area contributed by atoms with Crippen LogP contribution in [0.3, 0.4) is 0 Å². The second-order valence-corrected chi connectivity index (χ2v) is 7.06. The molecule has 4 nitrogen and oxygen atoms in total. The highest BCUT2D eigenvalue weighted by atomic mass is 79.9. The van der Waals surface area contributed by atoms with Crippen LogP contribution in [0.25, 0.3) is 15.9 Å². The molecule has 2 aromatic heterocycles. The van der Waals surface area contributed by atoms with Crippen molar-refractivity contribution in [1.82, 2.24) is 4.57 Å². The van der Waals surface area contributed by atoms with Crippen molar-refractivity contribution in [3.8, 4) is 5.69 Å². The Morgan fingerprint density at radius 1 is 1.32 bits per heavy atom. The Morgan fingerprint density at radius 3 is 2.64 bits per heavy atom. The maximum Gasteiger partial charge on any atom is 0.343 e. The van der Waals surface area contributed by atoms with Crippen molar-refractivity contribution in [3.63, 3.8) is 0 Å². The Morgan fingerprint density at radius 2 is 2.00 bits per heavy atom. The first kappa shape index (κ1) is 15.3. The van der Waals surface area contributed by atoms with Gasteiger partial charge in [-0.1, -0.05) is 27.5 Å². The van der Waals surface area contributed by atoms with Gasteiger partial charge in [0.05, 0.1) is 16.8 Å². The topological polar surface area (TPSA) is 48.3 Å². The zero-order chi connectivity index (χ0) is 15.9. The number of carbonyl (C=O) groups is 1. The van der Waals surface area contributed by atoms with Gasteiger partial charge in [0.25, 0.3) is 0 Å². The average Bonchev–Trinajstić information content (AvgIpc) is 2.90. The third-order valence-electron chi connectivity index (χ3n) is 3.16. The molecule has 0 saturated heterocycles. The van der Waals surface area contributed by atoms with Crippen LogP contribution in [0.4, 0.5) is 0 Å². The van der Waals surface area contributed by atoms with Crippen LogP contribution < -0.4 is 5.43 Å². The molecule has 0 fully saturated rings. The number of halogens is 2. The summed E-state index contributed by atoms with van der Waals surface area (Å²) in [4.78, 5) is 24.9. The first-order valence-electron chi connectivity index (χ1n) is 6.20. The Bertz CT molecular complexity index is 930. The second-order valence-electron chi connectivity index (χ2n) is 4.48. The lowest BCUT2D eigenvalue weighted by atomic mass is 10.2. The monoisotopic (exact) mass is 397 g/mol. The zero-order valence-electron chi connectivity index (χ0n) is 11.3. The predicted octanol–water partition coefficient (Wildman–Crippen LogP) is 4.25. The summed E-state index contributed by atoms with van der Waals surface area (Å²) in [5, 5.41) is 0.404. The number of hydrogen-bond acceptors (Lipinski definition) is 4. The smallest absolute Gasteiger partial charge is 0.343 e. The first-order valence-corrected chi connectivity index (χ1v) is 8.19. The van der Waals surface area contributed by atoms with Crippen molar-refractivity contribution in [3.05, 3.63) is 61.1 Å². The summed E-state index contributed by atoms with van der Waals surface area (Å²) >= 11 is 10.7. The van der Waals surface area contributed by atoms with E-state index in [1.165, 1.54) is 24.6 Å². The van der Waals surface area contributed by atoms with Gasteiger partial charge in [-0.3, -0.25) is 4.79 Å². The van der Waals surface area contributed by atoms with Crippen molar-refractivity contribution in [2.24, 2.45) is 0 Å². The molecule has 0 radical (unpaired) electrons. The quantitative estimate of drug-likeness (QED) is 0.606. The van der Waals surface area contributed by atoms with Crippen LogP contribution in [0, 0.1) is 0 Å². The molecule has 3 aromatic rings. The van der Waals surface area contributed by atoms with Gasteiger partial charge in [-0.25, -0.2) is 4.79 Å². The Labute approximate surface area is 143 Å². The van der Waals surface area contributed by atoms with Crippen LogP contribution in [0.1, 0.15) is 10.4 Å². The van der Waals surface area contributed by atoms with Gasteiger partial charge in [0.2, 0.25) is 5.43 Å². The van der Waals surface area contributed by atoms with Crippen molar-refractivity contribution < 1.29 is 9.53 Å². The minimum absolute atomic E-state index is 0.0209. The molecule has 0 amide bonds. The molecule has 0 aliphatic rings. The fourth-order valence-electron chi connectivity index (χ4n) is 2.13. The van der Waals surface area contributed by atoms with Gasteiger partial charge in [0.15, 0.2) is 0 Å². The maximum atomic E-state index is 12.4. The van der Waals surface area contributed by atoms with E-state index < -0.39 is 5.97 Å². The van der Waals surface area contributed by atoms with Crippen molar-refractivity contribution in [1.29, 1.82) is 0 Å². The minimum Gasteiger partial charge on any atom is -0.465 e. The van der Waals surface area contributed by atoms with E-state index in [0.717, 1.165) is 10.2 Å². The number of nitrogens with zero attached hydrogens (tertiary/aromatic N) is 1. The van der Waals surface area contributed by atoms with Crippen molar-refractivity contribution in [2.45, 2.75) is 0 Å². The van der Waals surface area contributed by atoms with Gasteiger partial charge in [-0.2, -0.15) is 0 Å².